The molecule has 1 saturated heterocycles. The Labute approximate surface area is 164 Å². The van der Waals surface area contributed by atoms with Crippen LogP contribution >= 0.6 is 0 Å². The zero-order chi connectivity index (χ0) is 19.5. The van der Waals surface area contributed by atoms with Crippen molar-refractivity contribution in [2.45, 2.75) is 32.7 Å². The lowest BCUT2D eigenvalue weighted by molar-refractivity contribution is 0.186. The molecule has 0 bridgehead atoms. The molecule has 1 aromatic heterocycles. The summed E-state index contributed by atoms with van der Waals surface area (Å²) in [6, 6.07) is 15.3. The van der Waals surface area contributed by atoms with Crippen LogP contribution in [0.4, 0.5) is 4.79 Å². The molecule has 2 amide bonds. The van der Waals surface area contributed by atoms with Crippen molar-refractivity contribution in [1.82, 2.24) is 10.2 Å². The number of carbonyl (C=O) groups is 1. The van der Waals surface area contributed by atoms with Gasteiger partial charge in [-0.1, -0.05) is 36.4 Å². The second kappa shape index (κ2) is 7.89. The smallest absolute Gasteiger partial charge is 0.336 e. The van der Waals surface area contributed by atoms with Crippen molar-refractivity contribution in [2.75, 3.05) is 13.1 Å². The van der Waals surface area contributed by atoms with Crippen LogP contribution in [0.3, 0.4) is 0 Å². The van der Waals surface area contributed by atoms with Gasteiger partial charge in [0, 0.05) is 36.7 Å². The molecule has 0 radical (unpaired) electrons. The van der Waals surface area contributed by atoms with E-state index in [-0.39, 0.29) is 11.7 Å². The van der Waals surface area contributed by atoms with Crippen molar-refractivity contribution in [2.24, 2.45) is 0 Å². The van der Waals surface area contributed by atoms with E-state index in [9.17, 15) is 9.59 Å². The minimum Gasteiger partial charge on any atom is -0.423 e. The highest BCUT2D eigenvalue weighted by Crippen LogP contribution is 2.30. The molecule has 0 aliphatic carbocycles. The van der Waals surface area contributed by atoms with E-state index in [4.69, 9.17) is 4.42 Å². The summed E-state index contributed by atoms with van der Waals surface area (Å²) < 4.78 is 5.45. The molecule has 2 aromatic carbocycles. The number of benzene rings is 2. The Morgan fingerprint density at radius 1 is 1.04 bits per heavy atom. The monoisotopic (exact) mass is 376 g/mol. The van der Waals surface area contributed by atoms with Gasteiger partial charge in [-0.2, -0.15) is 0 Å². The van der Waals surface area contributed by atoms with Crippen LogP contribution in [0.15, 0.2) is 57.7 Å². The second-order valence-corrected chi connectivity index (χ2v) is 7.33. The Morgan fingerprint density at radius 2 is 1.82 bits per heavy atom. The Balaban J connectivity index is 1.60. The molecule has 0 spiro atoms. The summed E-state index contributed by atoms with van der Waals surface area (Å²) in [6.07, 6.45) is 3.32. The Morgan fingerprint density at radius 3 is 2.61 bits per heavy atom. The maximum absolute atomic E-state index is 12.3. The predicted octanol–water partition coefficient (Wildman–Crippen LogP) is 4.46. The topological polar surface area (TPSA) is 62.6 Å². The average Bonchev–Trinajstić information content (AvgIpc) is 2.72. The molecule has 1 N–H and O–H groups in total. The number of likely N-dealkylation sites (tertiary alicyclic amines) is 1. The summed E-state index contributed by atoms with van der Waals surface area (Å²) in [5.74, 6) is 0. The highest BCUT2D eigenvalue weighted by Gasteiger charge is 2.16. The maximum atomic E-state index is 12.3. The summed E-state index contributed by atoms with van der Waals surface area (Å²) >= 11 is 0. The summed E-state index contributed by atoms with van der Waals surface area (Å²) in [5.41, 5.74) is 4.06. The quantitative estimate of drug-likeness (QED) is 0.686. The third-order valence-electron chi connectivity index (χ3n) is 5.33. The third-order valence-corrected chi connectivity index (χ3v) is 5.33. The fourth-order valence-corrected chi connectivity index (χ4v) is 3.80. The van der Waals surface area contributed by atoms with Crippen LogP contribution in [0.2, 0.25) is 0 Å². The first-order valence-corrected chi connectivity index (χ1v) is 9.77. The summed E-state index contributed by atoms with van der Waals surface area (Å²) in [7, 11) is 0. The van der Waals surface area contributed by atoms with Crippen LogP contribution in [0.25, 0.3) is 22.1 Å². The number of hydrogen-bond acceptors (Lipinski definition) is 3. The van der Waals surface area contributed by atoms with Gasteiger partial charge in [-0.3, -0.25) is 0 Å². The summed E-state index contributed by atoms with van der Waals surface area (Å²) in [5, 5.41) is 3.86. The maximum Gasteiger partial charge on any atom is 0.336 e. The number of urea groups is 1. The van der Waals surface area contributed by atoms with Crippen LogP contribution in [-0.2, 0) is 6.54 Å². The Bertz CT molecular complexity index is 1060. The van der Waals surface area contributed by atoms with E-state index < -0.39 is 0 Å². The van der Waals surface area contributed by atoms with Gasteiger partial charge in [0.2, 0.25) is 0 Å². The standard InChI is InChI=1S/C23H24N2O3/c1-16-7-3-4-8-18(16)20-14-22(26)28-21-13-17(9-10-19(20)21)15-24-23(27)25-11-5-2-6-12-25/h3-4,7-10,13-14H,2,5-6,11-12,15H2,1H3,(H,24,27). The number of nitrogens with one attached hydrogen (secondary N) is 1. The van der Waals surface area contributed by atoms with E-state index in [0.29, 0.717) is 12.1 Å². The van der Waals surface area contributed by atoms with E-state index in [1.54, 1.807) is 6.07 Å². The van der Waals surface area contributed by atoms with Crippen LogP contribution < -0.4 is 10.9 Å². The molecule has 5 heteroatoms. The van der Waals surface area contributed by atoms with Crippen molar-refractivity contribution in [3.8, 4) is 11.1 Å². The number of fused-ring (bicyclic) bond motifs is 1. The van der Waals surface area contributed by atoms with Gasteiger partial charge in [-0.05, 0) is 48.9 Å². The molecule has 1 fully saturated rings. The third kappa shape index (κ3) is 3.79. The van der Waals surface area contributed by atoms with E-state index in [1.165, 1.54) is 6.42 Å². The van der Waals surface area contributed by atoms with Crippen molar-refractivity contribution < 1.29 is 9.21 Å². The Hall–Kier alpha value is -3.08. The number of hydrogen-bond donors (Lipinski definition) is 1. The van der Waals surface area contributed by atoms with Gasteiger partial charge in [0.15, 0.2) is 0 Å². The SMILES string of the molecule is Cc1ccccc1-c1cc(=O)oc2cc(CNC(=O)N3CCCCC3)ccc12. The molecule has 0 saturated carbocycles. The fourth-order valence-electron chi connectivity index (χ4n) is 3.80. The normalized spacial score (nSPS) is 14.2. The summed E-state index contributed by atoms with van der Waals surface area (Å²) in [4.78, 5) is 26.3. The molecule has 0 atom stereocenters. The van der Waals surface area contributed by atoms with Gasteiger partial charge in [0.25, 0.3) is 0 Å². The first-order valence-electron chi connectivity index (χ1n) is 9.77. The highest BCUT2D eigenvalue weighted by atomic mass is 16.4. The van der Waals surface area contributed by atoms with Gasteiger partial charge in [0.1, 0.15) is 5.58 Å². The molecular formula is C23H24N2O3. The molecule has 3 aromatic rings. The highest BCUT2D eigenvalue weighted by molar-refractivity contribution is 5.94. The van der Waals surface area contributed by atoms with E-state index in [1.807, 2.05) is 54.3 Å². The van der Waals surface area contributed by atoms with E-state index >= 15 is 0 Å². The van der Waals surface area contributed by atoms with Gasteiger partial charge >= 0.3 is 11.7 Å². The minimum absolute atomic E-state index is 0.0325. The average molecular weight is 376 g/mol. The van der Waals surface area contributed by atoms with Crippen LogP contribution in [0.1, 0.15) is 30.4 Å². The van der Waals surface area contributed by atoms with Crippen LogP contribution in [0.5, 0.6) is 0 Å². The first-order chi connectivity index (χ1) is 13.6. The molecule has 28 heavy (non-hydrogen) atoms. The number of rotatable bonds is 3. The number of carbonyl (C=O) groups excluding carboxylic acids is 1. The fraction of sp³-hybridized carbons (Fsp3) is 0.304. The number of aryl methyl sites for hydroxylation is 1. The van der Waals surface area contributed by atoms with Gasteiger partial charge in [0.05, 0.1) is 0 Å². The van der Waals surface area contributed by atoms with Crippen molar-refractivity contribution in [3.05, 3.63) is 70.1 Å². The van der Waals surface area contributed by atoms with Crippen molar-refractivity contribution in [1.29, 1.82) is 0 Å². The molecule has 144 valence electrons. The zero-order valence-corrected chi connectivity index (χ0v) is 16.0. The number of amides is 2. The molecule has 0 unspecified atom stereocenters. The molecule has 2 heterocycles. The number of piperidine rings is 1. The van der Waals surface area contributed by atoms with Gasteiger partial charge < -0.3 is 14.6 Å². The predicted molar refractivity (Wildman–Crippen MR) is 110 cm³/mol. The lowest BCUT2D eigenvalue weighted by Gasteiger charge is -2.26. The van der Waals surface area contributed by atoms with Crippen molar-refractivity contribution >= 4 is 17.0 Å². The minimum atomic E-state index is -0.375. The van der Waals surface area contributed by atoms with Crippen LogP contribution in [0, 0.1) is 6.92 Å². The molecule has 4 rings (SSSR count). The van der Waals surface area contributed by atoms with Gasteiger partial charge in [-0.25, -0.2) is 9.59 Å². The largest absolute Gasteiger partial charge is 0.423 e. The molecule has 1 aliphatic rings. The number of nitrogens with zero attached hydrogens (tertiary/aromatic N) is 1. The first kappa shape index (κ1) is 18.3. The summed E-state index contributed by atoms with van der Waals surface area (Å²) in [6.45, 7) is 4.07. The van der Waals surface area contributed by atoms with Gasteiger partial charge in [-0.15, -0.1) is 0 Å². The van der Waals surface area contributed by atoms with E-state index in [2.05, 4.69) is 5.32 Å². The zero-order valence-electron chi connectivity index (χ0n) is 16.0. The van der Waals surface area contributed by atoms with E-state index in [0.717, 1.165) is 53.6 Å². The second-order valence-electron chi connectivity index (χ2n) is 7.33. The molecule has 5 nitrogen and oxygen atoms in total. The van der Waals surface area contributed by atoms with Crippen molar-refractivity contribution in [3.63, 3.8) is 0 Å². The molecule has 1 aliphatic heterocycles. The lowest BCUT2D eigenvalue weighted by Crippen LogP contribution is -2.42. The Kier molecular flexibility index (Phi) is 5.15. The molecular weight excluding hydrogens is 352 g/mol. The van der Waals surface area contributed by atoms with Crippen LogP contribution in [-0.4, -0.2) is 24.0 Å². The lowest BCUT2D eigenvalue weighted by atomic mass is 9.97.